The van der Waals surface area contributed by atoms with E-state index in [1.807, 2.05) is 0 Å². The van der Waals surface area contributed by atoms with Gasteiger partial charge in [-0.3, -0.25) is 0 Å². The first-order chi connectivity index (χ1) is 9.87. The van der Waals surface area contributed by atoms with E-state index in [0.29, 0.717) is 12.4 Å². The summed E-state index contributed by atoms with van der Waals surface area (Å²) in [5.74, 6) is 0.691. The smallest absolute Gasteiger partial charge is 0.242 e. The van der Waals surface area contributed by atoms with Crippen LogP contribution in [0.15, 0.2) is 29.2 Å². The van der Waals surface area contributed by atoms with Crippen LogP contribution in [0.1, 0.15) is 19.8 Å². The number of unbranched alkanes of at least 4 members (excludes halogenated alkanes) is 1. The highest BCUT2D eigenvalue weighted by Crippen LogP contribution is 2.18. The van der Waals surface area contributed by atoms with Gasteiger partial charge in [0.15, 0.2) is 0 Å². The molecule has 0 aromatic heterocycles. The molecule has 0 heterocycles. The topological polar surface area (TPSA) is 49.9 Å². The lowest BCUT2D eigenvalue weighted by Crippen LogP contribution is -2.25. The van der Waals surface area contributed by atoms with E-state index < -0.39 is 10.0 Å². The normalized spacial score (nSPS) is 12.1. The summed E-state index contributed by atoms with van der Waals surface area (Å²) in [6.45, 7) is 4.70. The van der Waals surface area contributed by atoms with Gasteiger partial charge in [-0.1, -0.05) is 13.3 Å². The van der Waals surface area contributed by atoms with Gasteiger partial charge in [-0.25, -0.2) is 12.7 Å². The lowest BCUT2D eigenvalue weighted by Gasteiger charge is -2.16. The average Bonchev–Trinajstić information content (AvgIpc) is 2.45. The van der Waals surface area contributed by atoms with E-state index in [-0.39, 0.29) is 4.90 Å². The van der Waals surface area contributed by atoms with E-state index in [4.69, 9.17) is 4.74 Å². The number of rotatable bonds is 9. The quantitative estimate of drug-likeness (QED) is 0.700. The summed E-state index contributed by atoms with van der Waals surface area (Å²) in [6.07, 6.45) is 2.38. The Hall–Kier alpha value is -1.11. The van der Waals surface area contributed by atoms with Gasteiger partial charge in [0.2, 0.25) is 10.0 Å². The van der Waals surface area contributed by atoms with Crippen molar-refractivity contribution in [2.45, 2.75) is 24.7 Å². The van der Waals surface area contributed by atoms with Crippen molar-refractivity contribution in [3.8, 4) is 5.75 Å². The molecule has 0 radical (unpaired) electrons. The van der Waals surface area contributed by atoms with Gasteiger partial charge in [0.05, 0.1) is 4.90 Å². The maximum absolute atomic E-state index is 11.9. The van der Waals surface area contributed by atoms with Gasteiger partial charge in [-0.2, -0.15) is 0 Å². The Balaban J connectivity index is 2.49. The molecular formula is C15H26N2O3S. The minimum atomic E-state index is -3.37. The number of benzene rings is 1. The number of hydrogen-bond donors (Lipinski definition) is 0. The highest BCUT2D eigenvalue weighted by molar-refractivity contribution is 7.89. The van der Waals surface area contributed by atoms with Gasteiger partial charge in [0.1, 0.15) is 12.4 Å². The van der Waals surface area contributed by atoms with Gasteiger partial charge in [-0.15, -0.1) is 0 Å². The molecule has 6 heteroatoms. The predicted molar refractivity (Wildman–Crippen MR) is 85.2 cm³/mol. The Bertz CT molecular complexity index is 512. The Morgan fingerprint density at radius 1 is 1.05 bits per heavy atom. The Labute approximate surface area is 128 Å². The fraction of sp³-hybridized carbons (Fsp3) is 0.600. The summed E-state index contributed by atoms with van der Waals surface area (Å²) in [4.78, 5) is 2.51. The monoisotopic (exact) mass is 314 g/mol. The molecule has 0 unspecified atom stereocenters. The van der Waals surface area contributed by atoms with Gasteiger partial charge < -0.3 is 9.64 Å². The summed E-state index contributed by atoms with van der Waals surface area (Å²) in [6, 6.07) is 6.54. The molecule has 0 fully saturated rings. The van der Waals surface area contributed by atoms with Crippen molar-refractivity contribution in [2.75, 3.05) is 40.8 Å². The molecule has 0 spiro atoms. The zero-order chi connectivity index (χ0) is 15.9. The first kappa shape index (κ1) is 17.9. The summed E-state index contributed by atoms with van der Waals surface area (Å²) < 4.78 is 30.7. The first-order valence-corrected chi connectivity index (χ1v) is 8.66. The minimum Gasteiger partial charge on any atom is -0.492 e. The zero-order valence-corrected chi connectivity index (χ0v) is 14.2. The molecule has 1 aromatic rings. The molecule has 0 aliphatic heterocycles. The second kappa shape index (κ2) is 8.36. The Kier molecular flexibility index (Phi) is 7.14. The van der Waals surface area contributed by atoms with Gasteiger partial charge in [0.25, 0.3) is 0 Å². The van der Waals surface area contributed by atoms with Crippen LogP contribution >= 0.6 is 0 Å². The molecule has 21 heavy (non-hydrogen) atoms. The third-order valence-corrected chi connectivity index (χ3v) is 5.07. The number of hydrogen-bond acceptors (Lipinski definition) is 4. The van der Waals surface area contributed by atoms with Crippen LogP contribution in [0.3, 0.4) is 0 Å². The van der Waals surface area contributed by atoms with Crippen LogP contribution in [0.4, 0.5) is 0 Å². The minimum absolute atomic E-state index is 0.278. The van der Waals surface area contributed by atoms with E-state index in [1.54, 1.807) is 24.3 Å². The lowest BCUT2D eigenvalue weighted by molar-refractivity contribution is 0.235. The van der Waals surface area contributed by atoms with Crippen molar-refractivity contribution in [3.63, 3.8) is 0 Å². The lowest BCUT2D eigenvalue weighted by atomic mass is 10.3. The molecule has 0 aliphatic rings. The van der Waals surface area contributed by atoms with Crippen LogP contribution in [-0.2, 0) is 10.0 Å². The van der Waals surface area contributed by atoms with Gasteiger partial charge in [0, 0.05) is 20.6 Å². The summed E-state index contributed by atoms with van der Waals surface area (Å²) in [7, 11) is 1.75. The Morgan fingerprint density at radius 2 is 1.67 bits per heavy atom. The van der Waals surface area contributed by atoms with E-state index in [2.05, 4.69) is 18.9 Å². The molecule has 0 bridgehead atoms. The zero-order valence-electron chi connectivity index (χ0n) is 13.4. The molecule has 1 aromatic carbocycles. The molecular weight excluding hydrogens is 288 g/mol. The van der Waals surface area contributed by atoms with Crippen molar-refractivity contribution in [3.05, 3.63) is 24.3 Å². The molecule has 5 nitrogen and oxygen atoms in total. The number of likely N-dealkylation sites (N-methyl/N-ethyl adjacent to an activating group) is 1. The SMILES string of the molecule is CCCCN(C)CCOc1ccc(S(=O)(=O)N(C)C)cc1. The molecule has 0 atom stereocenters. The maximum atomic E-state index is 11.9. The molecule has 0 saturated carbocycles. The fourth-order valence-electron chi connectivity index (χ4n) is 1.78. The highest BCUT2D eigenvalue weighted by atomic mass is 32.2. The van der Waals surface area contributed by atoms with E-state index in [9.17, 15) is 8.42 Å². The molecule has 0 saturated heterocycles. The number of ether oxygens (including phenoxy) is 1. The van der Waals surface area contributed by atoms with Crippen molar-refractivity contribution in [2.24, 2.45) is 0 Å². The molecule has 0 amide bonds. The Morgan fingerprint density at radius 3 is 2.19 bits per heavy atom. The van der Waals surface area contributed by atoms with Crippen molar-refractivity contribution >= 4 is 10.0 Å². The predicted octanol–water partition coefficient (Wildman–Crippen LogP) is 2.05. The van der Waals surface area contributed by atoms with Crippen LogP contribution in [-0.4, -0.2) is 58.5 Å². The standard InChI is InChI=1S/C15H26N2O3S/c1-5-6-11-17(4)12-13-20-14-7-9-15(10-8-14)21(18,19)16(2)3/h7-10H,5-6,11-13H2,1-4H3. The third kappa shape index (κ3) is 5.65. The van der Waals surface area contributed by atoms with E-state index >= 15 is 0 Å². The second-order valence-electron chi connectivity index (χ2n) is 5.26. The first-order valence-electron chi connectivity index (χ1n) is 7.22. The maximum Gasteiger partial charge on any atom is 0.242 e. The molecule has 120 valence electrons. The van der Waals surface area contributed by atoms with Crippen LogP contribution < -0.4 is 4.74 Å². The summed E-state index contributed by atoms with van der Waals surface area (Å²) in [5, 5.41) is 0. The third-order valence-electron chi connectivity index (χ3n) is 3.24. The van der Waals surface area contributed by atoms with Crippen LogP contribution in [0, 0.1) is 0 Å². The van der Waals surface area contributed by atoms with Gasteiger partial charge >= 0.3 is 0 Å². The average molecular weight is 314 g/mol. The molecule has 0 aliphatic carbocycles. The van der Waals surface area contributed by atoms with Crippen LogP contribution in [0.2, 0.25) is 0 Å². The number of nitrogens with zero attached hydrogens (tertiary/aromatic N) is 2. The van der Waals surface area contributed by atoms with Crippen LogP contribution in [0.25, 0.3) is 0 Å². The van der Waals surface area contributed by atoms with Gasteiger partial charge in [-0.05, 0) is 44.3 Å². The highest BCUT2D eigenvalue weighted by Gasteiger charge is 2.16. The second-order valence-corrected chi connectivity index (χ2v) is 7.42. The van der Waals surface area contributed by atoms with E-state index in [0.717, 1.165) is 13.1 Å². The summed E-state index contributed by atoms with van der Waals surface area (Å²) in [5.41, 5.74) is 0. The molecule has 1 rings (SSSR count). The molecule has 0 N–H and O–H groups in total. The van der Waals surface area contributed by atoms with E-state index in [1.165, 1.54) is 31.2 Å². The largest absolute Gasteiger partial charge is 0.492 e. The number of sulfonamides is 1. The van der Waals surface area contributed by atoms with Crippen molar-refractivity contribution in [1.82, 2.24) is 9.21 Å². The summed E-state index contributed by atoms with van der Waals surface area (Å²) >= 11 is 0. The fourth-order valence-corrected chi connectivity index (χ4v) is 2.68. The van der Waals surface area contributed by atoms with Crippen molar-refractivity contribution < 1.29 is 13.2 Å². The van der Waals surface area contributed by atoms with Crippen LogP contribution in [0.5, 0.6) is 5.75 Å². The van der Waals surface area contributed by atoms with Crippen molar-refractivity contribution in [1.29, 1.82) is 0 Å².